The first-order valence-electron chi connectivity index (χ1n) is 2.54. The molecule has 0 rings (SSSR count). The van der Waals surface area contributed by atoms with E-state index in [4.69, 9.17) is 6.42 Å². The summed E-state index contributed by atoms with van der Waals surface area (Å²) in [6, 6.07) is 0. The Morgan fingerprint density at radius 1 is 1.67 bits per heavy atom. The van der Waals surface area contributed by atoms with Gasteiger partial charge in [-0.15, -0.1) is 6.42 Å². The van der Waals surface area contributed by atoms with E-state index >= 15 is 0 Å². The van der Waals surface area contributed by atoms with Crippen LogP contribution in [0, 0.1) is 12.3 Å². The Balaban J connectivity index is 3.19. The van der Waals surface area contributed by atoms with Gasteiger partial charge in [-0.2, -0.15) is 0 Å². The summed E-state index contributed by atoms with van der Waals surface area (Å²) in [5.41, 5.74) is 0. The molecule has 0 heterocycles. The van der Waals surface area contributed by atoms with E-state index in [1.165, 1.54) is 0 Å². The van der Waals surface area contributed by atoms with Gasteiger partial charge in [-0.1, -0.05) is 5.92 Å². The van der Waals surface area contributed by atoms with E-state index in [9.17, 15) is 4.57 Å². The molecule has 0 aromatic carbocycles. The molecule has 0 aliphatic heterocycles. The van der Waals surface area contributed by atoms with Crippen molar-refractivity contribution in [2.45, 2.75) is 6.92 Å². The highest BCUT2D eigenvalue weighted by molar-refractivity contribution is 7.33. The first-order valence-corrected chi connectivity index (χ1v) is 3.76. The van der Waals surface area contributed by atoms with Crippen LogP contribution in [0.2, 0.25) is 0 Å². The van der Waals surface area contributed by atoms with Gasteiger partial charge in [-0.25, -0.2) is 0 Å². The van der Waals surface area contributed by atoms with Crippen LogP contribution in [0.1, 0.15) is 6.92 Å². The molecule has 4 heteroatoms. The molecule has 52 valence electrons. The molecule has 0 aliphatic carbocycles. The Morgan fingerprint density at radius 3 is 2.78 bits per heavy atom. The fraction of sp³-hybridized carbons (Fsp3) is 0.600. The lowest BCUT2D eigenvalue weighted by atomic mass is 10.8. The van der Waals surface area contributed by atoms with Gasteiger partial charge in [0.1, 0.15) is 6.61 Å². The molecule has 0 fully saturated rings. The monoisotopic (exact) mass is 148 g/mol. The molecule has 0 amide bonds. The molecule has 1 unspecified atom stereocenters. The second kappa shape index (κ2) is 5.84. The SMILES string of the molecule is C#CCO[PH](=O)OCC. The van der Waals surface area contributed by atoms with Gasteiger partial charge in [-0.05, 0) is 6.92 Å². The molecule has 0 aliphatic rings. The summed E-state index contributed by atoms with van der Waals surface area (Å²) in [5, 5.41) is 0. The van der Waals surface area contributed by atoms with Gasteiger partial charge in [0.15, 0.2) is 0 Å². The van der Waals surface area contributed by atoms with Crippen LogP contribution in [0.25, 0.3) is 0 Å². The van der Waals surface area contributed by atoms with Crippen molar-refractivity contribution in [3.8, 4) is 12.3 Å². The van der Waals surface area contributed by atoms with Crippen molar-refractivity contribution in [2.75, 3.05) is 13.2 Å². The normalized spacial score (nSPS) is 12.4. The highest BCUT2D eigenvalue weighted by Gasteiger charge is 1.92. The maximum atomic E-state index is 10.4. The van der Waals surface area contributed by atoms with Crippen LogP contribution in [0.15, 0.2) is 0 Å². The van der Waals surface area contributed by atoms with Gasteiger partial charge < -0.3 is 4.52 Å². The highest BCUT2D eigenvalue weighted by Crippen LogP contribution is 2.21. The minimum absolute atomic E-state index is 0.0534. The van der Waals surface area contributed by atoms with Gasteiger partial charge in [0.05, 0.1) is 6.61 Å². The van der Waals surface area contributed by atoms with Crippen LogP contribution in [-0.2, 0) is 13.6 Å². The minimum Gasteiger partial charge on any atom is -0.311 e. The Kier molecular flexibility index (Phi) is 5.65. The lowest BCUT2D eigenvalue weighted by Crippen LogP contribution is -1.83. The predicted molar refractivity (Wildman–Crippen MR) is 35.4 cm³/mol. The van der Waals surface area contributed by atoms with E-state index in [0.29, 0.717) is 6.61 Å². The van der Waals surface area contributed by atoms with E-state index < -0.39 is 8.25 Å². The van der Waals surface area contributed by atoms with E-state index in [1.54, 1.807) is 6.92 Å². The fourth-order valence-electron chi connectivity index (χ4n) is 0.260. The zero-order valence-electron chi connectivity index (χ0n) is 5.22. The summed E-state index contributed by atoms with van der Waals surface area (Å²) in [6.07, 6.45) is 4.82. The van der Waals surface area contributed by atoms with Crippen LogP contribution in [0.5, 0.6) is 0 Å². The van der Waals surface area contributed by atoms with E-state index in [1.807, 2.05) is 0 Å². The Labute approximate surface area is 55.3 Å². The Hall–Kier alpha value is -0.290. The van der Waals surface area contributed by atoms with Crippen molar-refractivity contribution >= 4 is 8.25 Å². The summed E-state index contributed by atoms with van der Waals surface area (Å²) in [4.78, 5) is 0. The molecule has 0 N–H and O–H groups in total. The molecule has 9 heavy (non-hydrogen) atoms. The quantitative estimate of drug-likeness (QED) is 0.441. The largest absolute Gasteiger partial charge is 0.320 e. The topological polar surface area (TPSA) is 35.5 Å². The summed E-state index contributed by atoms with van der Waals surface area (Å²) < 4.78 is 19.5. The first kappa shape index (κ1) is 8.71. The maximum Gasteiger partial charge on any atom is 0.320 e. The van der Waals surface area contributed by atoms with Crippen LogP contribution in [-0.4, -0.2) is 13.2 Å². The van der Waals surface area contributed by atoms with Crippen LogP contribution in [0.3, 0.4) is 0 Å². The molecule has 0 bridgehead atoms. The van der Waals surface area contributed by atoms with Gasteiger partial charge >= 0.3 is 8.25 Å². The van der Waals surface area contributed by atoms with Crippen LogP contribution < -0.4 is 0 Å². The summed E-state index contributed by atoms with van der Waals surface area (Å²) in [5.74, 6) is 2.18. The van der Waals surface area contributed by atoms with Gasteiger partial charge in [0.2, 0.25) is 0 Å². The van der Waals surface area contributed by atoms with Crippen molar-refractivity contribution < 1.29 is 13.6 Å². The number of terminal acetylenes is 1. The highest BCUT2D eigenvalue weighted by atomic mass is 31.1. The van der Waals surface area contributed by atoms with Crippen molar-refractivity contribution in [3.63, 3.8) is 0 Å². The smallest absolute Gasteiger partial charge is 0.311 e. The standard InChI is InChI=1S/C5H9O3P/c1-3-5-8-9(6)7-4-2/h1,9H,4-5H2,2H3. The summed E-state index contributed by atoms with van der Waals surface area (Å²) in [6.45, 7) is 2.18. The molecule has 0 aromatic rings. The molecule has 0 radical (unpaired) electrons. The lowest BCUT2D eigenvalue weighted by Gasteiger charge is -1.97. The summed E-state index contributed by atoms with van der Waals surface area (Å²) >= 11 is 0. The second-order valence-electron chi connectivity index (χ2n) is 1.18. The third-order valence-electron chi connectivity index (χ3n) is 0.536. The maximum absolute atomic E-state index is 10.4. The van der Waals surface area contributed by atoms with Crippen molar-refractivity contribution in [1.29, 1.82) is 0 Å². The molecule has 0 saturated heterocycles. The third kappa shape index (κ3) is 5.58. The zero-order chi connectivity index (χ0) is 7.11. The van der Waals surface area contributed by atoms with Crippen molar-refractivity contribution in [1.82, 2.24) is 0 Å². The first-order chi connectivity index (χ1) is 4.31. The molecule has 0 spiro atoms. The second-order valence-corrected chi connectivity index (χ2v) is 2.25. The van der Waals surface area contributed by atoms with E-state index in [2.05, 4.69) is 15.0 Å². The molecule has 0 saturated carbocycles. The molecule has 1 atom stereocenters. The van der Waals surface area contributed by atoms with E-state index in [0.717, 1.165) is 0 Å². The van der Waals surface area contributed by atoms with Crippen LogP contribution in [0.4, 0.5) is 0 Å². The Morgan fingerprint density at radius 2 is 2.33 bits per heavy atom. The van der Waals surface area contributed by atoms with Gasteiger partial charge in [-0.3, -0.25) is 9.09 Å². The van der Waals surface area contributed by atoms with Crippen LogP contribution >= 0.6 is 8.25 Å². The molecule has 3 nitrogen and oxygen atoms in total. The van der Waals surface area contributed by atoms with Crippen molar-refractivity contribution in [2.24, 2.45) is 0 Å². The average molecular weight is 148 g/mol. The van der Waals surface area contributed by atoms with Gasteiger partial charge in [0.25, 0.3) is 0 Å². The zero-order valence-corrected chi connectivity index (χ0v) is 6.22. The lowest BCUT2D eigenvalue weighted by molar-refractivity contribution is 0.254. The third-order valence-corrected chi connectivity index (χ3v) is 1.44. The number of hydrogen-bond acceptors (Lipinski definition) is 3. The summed E-state index contributed by atoms with van der Waals surface area (Å²) in [7, 11) is -2.30. The molecular formula is C5H9O3P. The fourth-order valence-corrected chi connectivity index (χ4v) is 0.780. The predicted octanol–water partition coefficient (Wildman–Crippen LogP) is 1.06. The number of rotatable bonds is 4. The number of hydrogen-bond donors (Lipinski definition) is 0. The molecule has 0 aromatic heterocycles. The average Bonchev–Trinajstić information content (AvgIpc) is 1.85. The van der Waals surface area contributed by atoms with Crippen molar-refractivity contribution in [3.05, 3.63) is 0 Å². The molecular weight excluding hydrogens is 139 g/mol. The van der Waals surface area contributed by atoms with E-state index in [-0.39, 0.29) is 6.61 Å². The Bertz CT molecular complexity index is 127. The van der Waals surface area contributed by atoms with Gasteiger partial charge in [0, 0.05) is 0 Å². The minimum atomic E-state index is -2.30.